The molecule has 5 nitrogen and oxygen atoms in total. The van der Waals surface area contributed by atoms with Crippen LogP contribution in [0.5, 0.6) is 5.75 Å². The molecule has 0 aliphatic heterocycles. The van der Waals surface area contributed by atoms with E-state index >= 15 is 0 Å². The maximum absolute atomic E-state index is 5.89. The van der Waals surface area contributed by atoms with Gasteiger partial charge in [-0.25, -0.2) is 9.97 Å². The number of aryl methyl sites for hydroxylation is 1. The van der Waals surface area contributed by atoms with Crippen molar-refractivity contribution in [2.24, 2.45) is 0 Å². The topological polar surface area (TPSA) is 63.7 Å². The highest BCUT2D eigenvalue weighted by molar-refractivity contribution is 7.09. The van der Waals surface area contributed by atoms with Crippen LogP contribution in [0, 0.1) is 0 Å². The Morgan fingerprint density at radius 1 is 1.29 bits per heavy atom. The minimum absolute atomic E-state index is 0.464. The Bertz CT molecular complexity index is 693. The normalized spacial score (nSPS) is 10.7. The van der Waals surface area contributed by atoms with Crippen LogP contribution in [0.15, 0.2) is 36.0 Å². The number of benzene rings is 1. The zero-order chi connectivity index (χ0) is 14.5. The molecule has 0 aliphatic rings. The largest absolute Gasteiger partial charge is 0.486 e. The molecule has 2 heterocycles. The van der Waals surface area contributed by atoms with Crippen LogP contribution in [0.2, 0.25) is 0 Å². The average molecular weight is 300 g/mol. The molecule has 1 N–H and O–H groups in total. The van der Waals surface area contributed by atoms with Gasteiger partial charge in [-0.15, -0.1) is 11.3 Å². The number of thiazole rings is 1. The molecule has 0 saturated heterocycles. The molecule has 0 bridgehead atoms. The van der Waals surface area contributed by atoms with Gasteiger partial charge in [-0.2, -0.15) is 5.10 Å². The number of H-pyrrole nitrogens is 1. The molecule has 108 valence electrons. The number of nitrogens with zero attached hydrogens (tertiary/aromatic N) is 3. The molecule has 3 rings (SSSR count). The minimum atomic E-state index is 0.464. The summed E-state index contributed by atoms with van der Waals surface area (Å²) in [6, 6.07) is 7.78. The molecule has 2 aromatic heterocycles. The van der Waals surface area contributed by atoms with Gasteiger partial charge in [0.25, 0.3) is 0 Å². The van der Waals surface area contributed by atoms with Crippen LogP contribution in [-0.2, 0) is 13.0 Å². The van der Waals surface area contributed by atoms with Gasteiger partial charge in [-0.1, -0.05) is 19.1 Å². The minimum Gasteiger partial charge on any atom is -0.486 e. The van der Waals surface area contributed by atoms with Gasteiger partial charge >= 0.3 is 0 Å². The molecule has 0 fully saturated rings. The van der Waals surface area contributed by atoms with Crippen LogP contribution >= 0.6 is 11.3 Å². The zero-order valence-corrected chi connectivity index (χ0v) is 12.6. The summed E-state index contributed by atoms with van der Waals surface area (Å²) >= 11 is 1.69. The van der Waals surface area contributed by atoms with Gasteiger partial charge < -0.3 is 4.74 Å². The van der Waals surface area contributed by atoms with E-state index in [4.69, 9.17) is 4.74 Å². The first-order chi connectivity index (χ1) is 10.4. The van der Waals surface area contributed by atoms with Crippen molar-refractivity contribution in [2.45, 2.75) is 26.4 Å². The summed E-state index contributed by atoms with van der Waals surface area (Å²) in [7, 11) is 0. The van der Waals surface area contributed by atoms with Gasteiger partial charge in [0.1, 0.15) is 18.7 Å². The van der Waals surface area contributed by atoms with E-state index in [9.17, 15) is 0 Å². The van der Waals surface area contributed by atoms with E-state index < -0.39 is 0 Å². The van der Waals surface area contributed by atoms with Crippen LogP contribution < -0.4 is 4.74 Å². The quantitative estimate of drug-likeness (QED) is 0.757. The maximum atomic E-state index is 5.89. The van der Waals surface area contributed by atoms with Crippen LogP contribution in [-0.4, -0.2) is 20.2 Å². The Morgan fingerprint density at radius 2 is 2.19 bits per heavy atom. The third-order valence-electron chi connectivity index (χ3n) is 3.00. The third kappa shape index (κ3) is 3.28. The van der Waals surface area contributed by atoms with Crippen LogP contribution in [0.3, 0.4) is 0 Å². The second-order valence-corrected chi connectivity index (χ2v) is 5.54. The lowest BCUT2D eigenvalue weighted by Crippen LogP contribution is -1.98. The Labute approximate surface area is 127 Å². The van der Waals surface area contributed by atoms with Gasteiger partial charge in [0.05, 0.1) is 16.3 Å². The van der Waals surface area contributed by atoms with Gasteiger partial charge in [-0.05, 0) is 25.0 Å². The summed E-state index contributed by atoms with van der Waals surface area (Å²) in [5.74, 6) is 1.48. The number of aromatic amines is 1. The SMILES string of the molecule is CCCc1nc(COc2ccccc2-c2ncn[nH]2)cs1. The van der Waals surface area contributed by atoms with Gasteiger partial charge in [0, 0.05) is 5.38 Å². The zero-order valence-electron chi connectivity index (χ0n) is 11.7. The predicted molar refractivity (Wildman–Crippen MR) is 82.3 cm³/mol. The molecule has 0 atom stereocenters. The molecule has 0 radical (unpaired) electrons. The Hall–Kier alpha value is -2.21. The highest BCUT2D eigenvalue weighted by Crippen LogP contribution is 2.27. The van der Waals surface area contributed by atoms with Crippen molar-refractivity contribution in [3.05, 3.63) is 46.7 Å². The van der Waals surface area contributed by atoms with E-state index in [0.717, 1.165) is 29.8 Å². The lowest BCUT2D eigenvalue weighted by atomic mass is 10.2. The summed E-state index contributed by atoms with van der Waals surface area (Å²) in [5.41, 5.74) is 1.87. The number of hydrogen-bond acceptors (Lipinski definition) is 5. The monoisotopic (exact) mass is 300 g/mol. The summed E-state index contributed by atoms with van der Waals surface area (Å²) in [6.45, 7) is 2.62. The average Bonchev–Trinajstić information content (AvgIpc) is 3.17. The molecule has 0 amide bonds. The molecule has 0 spiro atoms. The van der Waals surface area contributed by atoms with Crippen molar-refractivity contribution in [1.29, 1.82) is 0 Å². The van der Waals surface area contributed by atoms with Crippen LogP contribution in [0.1, 0.15) is 24.0 Å². The highest BCUT2D eigenvalue weighted by Gasteiger charge is 2.09. The summed E-state index contributed by atoms with van der Waals surface area (Å²) in [4.78, 5) is 8.74. The van der Waals surface area contributed by atoms with Crippen LogP contribution in [0.25, 0.3) is 11.4 Å². The summed E-state index contributed by atoms with van der Waals surface area (Å²) < 4.78 is 5.89. The number of ether oxygens (including phenoxy) is 1. The number of hydrogen-bond donors (Lipinski definition) is 1. The van der Waals surface area contributed by atoms with Gasteiger partial charge in [-0.3, -0.25) is 5.10 Å². The third-order valence-corrected chi connectivity index (χ3v) is 3.95. The molecule has 21 heavy (non-hydrogen) atoms. The van der Waals surface area contributed by atoms with E-state index in [0.29, 0.717) is 12.4 Å². The van der Waals surface area contributed by atoms with Crippen LogP contribution in [0.4, 0.5) is 0 Å². The predicted octanol–water partition coefficient (Wildman–Crippen LogP) is 3.46. The summed E-state index contributed by atoms with van der Waals surface area (Å²) in [6.07, 6.45) is 3.63. The van der Waals surface area contributed by atoms with E-state index in [1.807, 2.05) is 24.3 Å². The van der Waals surface area contributed by atoms with Crippen molar-refractivity contribution in [2.75, 3.05) is 0 Å². The fourth-order valence-corrected chi connectivity index (χ4v) is 2.90. The lowest BCUT2D eigenvalue weighted by molar-refractivity contribution is 0.303. The molecule has 0 unspecified atom stereocenters. The molecule has 3 aromatic rings. The molecular formula is C15H16N4OS. The molecule has 0 aliphatic carbocycles. The standard InChI is InChI=1S/C15H16N4OS/c1-2-5-14-18-11(9-21-14)8-20-13-7-4-3-6-12(13)15-16-10-17-19-15/h3-4,6-7,9-10H,2,5,8H2,1H3,(H,16,17,19). The molecule has 1 aromatic carbocycles. The number of rotatable bonds is 6. The van der Waals surface area contributed by atoms with E-state index in [2.05, 4.69) is 32.5 Å². The molecule has 6 heteroatoms. The number of aromatic nitrogens is 4. The van der Waals surface area contributed by atoms with Crippen molar-refractivity contribution >= 4 is 11.3 Å². The highest BCUT2D eigenvalue weighted by atomic mass is 32.1. The van der Waals surface area contributed by atoms with Gasteiger partial charge in [0.2, 0.25) is 0 Å². The smallest absolute Gasteiger partial charge is 0.159 e. The first-order valence-electron chi connectivity index (χ1n) is 6.87. The van der Waals surface area contributed by atoms with E-state index in [1.165, 1.54) is 11.3 Å². The van der Waals surface area contributed by atoms with Crippen molar-refractivity contribution < 1.29 is 4.74 Å². The molecular weight excluding hydrogens is 284 g/mol. The fraction of sp³-hybridized carbons (Fsp3) is 0.267. The molecule has 0 saturated carbocycles. The number of para-hydroxylation sites is 1. The summed E-state index contributed by atoms with van der Waals surface area (Å²) in [5, 5.41) is 9.96. The van der Waals surface area contributed by atoms with E-state index in [-0.39, 0.29) is 0 Å². The van der Waals surface area contributed by atoms with Crippen molar-refractivity contribution in [1.82, 2.24) is 20.2 Å². The van der Waals surface area contributed by atoms with Gasteiger partial charge in [0.15, 0.2) is 5.82 Å². The Morgan fingerprint density at radius 3 is 3.00 bits per heavy atom. The van der Waals surface area contributed by atoms with Crippen molar-refractivity contribution in [3.8, 4) is 17.1 Å². The second kappa shape index (κ2) is 6.49. The first-order valence-corrected chi connectivity index (χ1v) is 7.75. The maximum Gasteiger partial charge on any atom is 0.159 e. The first kappa shape index (κ1) is 13.8. The van der Waals surface area contributed by atoms with E-state index in [1.54, 1.807) is 11.3 Å². The second-order valence-electron chi connectivity index (χ2n) is 4.60. The lowest BCUT2D eigenvalue weighted by Gasteiger charge is -2.08. The van der Waals surface area contributed by atoms with Crippen molar-refractivity contribution in [3.63, 3.8) is 0 Å². The fourth-order valence-electron chi connectivity index (χ4n) is 2.02. The number of nitrogens with one attached hydrogen (secondary N) is 1. The Balaban J connectivity index is 1.73. The Kier molecular flexibility index (Phi) is 4.25.